The lowest BCUT2D eigenvalue weighted by Gasteiger charge is -1.96. The van der Waals surface area contributed by atoms with E-state index in [1.165, 1.54) is 17.2 Å². The number of aromatic nitrogens is 3. The summed E-state index contributed by atoms with van der Waals surface area (Å²) in [5, 5.41) is 7.44. The molecule has 0 aliphatic rings. The third-order valence-corrected chi connectivity index (χ3v) is 2.32. The third kappa shape index (κ3) is 1.37. The summed E-state index contributed by atoms with van der Waals surface area (Å²) in [7, 11) is 1.66. The van der Waals surface area contributed by atoms with Crippen LogP contribution in [-0.4, -0.2) is 20.8 Å². The van der Waals surface area contributed by atoms with Gasteiger partial charge in [-0.25, -0.2) is 4.68 Å². The molecule has 0 radical (unpaired) electrons. The van der Waals surface area contributed by atoms with Crippen molar-refractivity contribution in [1.82, 2.24) is 15.0 Å². The monoisotopic (exact) mass is 255 g/mol. The first-order valence-electron chi connectivity index (χ1n) is 3.82. The molecule has 0 aromatic carbocycles. The lowest BCUT2D eigenvalue weighted by atomic mass is 10.2. The number of hydrogen-bond acceptors (Lipinski definition) is 4. The van der Waals surface area contributed by atoms with E-state index in [0.717, 1.165) is 0 Å². The molecule has 14 heavy (non-hydrogen) atoms. The van der Waals surface area contributed by atoms with Gasteiger partial charge in [0, 0.05) is 7.05 Å². The van der Waals surface area contributed by atoms with Crippen molar-refractivity contribution in [2.24, 2.45) is 7.05 Å². The van der Waals surface area contributed by atoms with Crippen LogP contribution < -0.4 is 0 Å². The second-order valence-corrected chi connectivity index (χ2v) is 3.44. The number of nitrogens with zero attached hydrogens (tertiary/aromatic N) is 3. The van der Waals surface area contributed by atoms with Crippen LogP contribution in [0.25, 0.3) is 0 Å². The second kappa shape index (κ2) is 3.38. The molecule has 0 amide bonds. The fourth-order valence-corrected chi connectivity index (χ4v) is 1.61. The highest BCUT2D eigenvalue weighted by Gasteiger charge is 2.19. The van der Waals surface area contributed by atoms with Crippen molar-refractivity contribution in [3.05, 3.63) is 34.5 Å². The van der Waals surface area contributed by atoms with Gasteiger partial charge in [0.1, 0.15) is 12.0 Å². The van der Waals surface area contributed by atoms with E-state index in [0.29, 0.717) is 15.9 Å². The molecular weight excluding hydrogens is 250 g/mol. The van der Waals surface area contributed by atoms with E-state index in [4.69, 9.17) is 4.42 Å². The van der Waals surface area contributed by atoms with Crippen LogP contribution in [0.5, 0.6) is 0 Å². The molecule has 0 bridgehead atoms. The molecule has 0 saturated carbocycles. The molecule has 2 rings (SSSR count). The zero-order valence-electron chi connectivity index (χ0n) is 7.27. The van der Waals surface area contributed by atoms with Crippen molar-refractivity contribution >= 4 is 21.7 Å². The summed E-state index contributed by atoms with van der Waals surface area (Å²) in [6.45, 7) is 0. The molecule has 2 heterocycles. The van der Waals surface area contributed by atoms with E-state index >= 15 is 0 Å². The summed E-state index contributed by atoms with van der Waals surface area (Å²) in [5.74, 6) is -0.168. The number of aryl methyl sites for hydroxylation is 1. The van der Waals surface area contributed by atoms with Gasteiger partial charge in [-0.3, -0.25) is 4.79 Å². The quantitative estimate of drug-likeness (QED) is 0.762. The lowest BCUT2D eigenvalue weighted by Crippen LogP contribution is -2.07. The van der Waals surface area contributed by atoms with Crippen molar-refractivity contribution in [2.45, 2.75) is 0 Å². The van der Waals surface area contributed by atoms with E-state index in [1.807, 2.05) is 0 Å². The average molecular weight is 256 g/mol. The van der Waals surface area contributed by atoms with E-state index in [2.05, 4.69) is 26.2 Å². The van der Waals surface area contributed by atoms with Crippen molar-refractivity contribution < 1.29 is 9.21 Å². The summed E-state index contributed by atoms with van der Waals surface area (Å²) in [4.78, 5) is 11.8. The van der Waals surface area contributed by atoms with Gasteiger partial charge in [-0.2, -0.15) is 0 Å². The fraction of sp³-hybridized carbons (Fsp3) is 0.125. The highest BCUT2D eigenvalue weighted by atomic mass is 79.9. The molecule has 0 atom stereocenters. The maximum atomic E-state index is 11.8. The van der Waals surface area contributed by atoms with Crippen molar-refractivity contribution in [1.29, 1.82) is 0 Å². The molecule has 5 nitrogen and oxygen atoms in total. The molecule has 2 aromatic heterocycles. The van der Waals surface area contributed by atoms with Crippen molar-refractivity contribution in [2.75, 3.05) is 0 Å². The van der Waals surface area contributed by atoms with Gasteiger partial charge >= 0.3 is 0 Å². The highest BCUT2D eigenvalue weighted by molar-refractivity contribution is 9.10. The van der Waals surface area contributed by atoms with Crippen LogP contribution in [0.4, 0.5) is 0 Å². The Bertz CT molecular complexity index is 441. The first kappa shape index (κ1) is 9.14. The summed E-state index contributed by atoms with van der Waals surface area (Å²) in [5.41, 5.74) is 0.891. The molecule has 0 aliphatic carbocycles. The number of carbonyl (C=O) groups is 1. The smallest absolute Gasteiger partial charge is 0.217 e. The Morgan fingerprint density at radius 2 is 2.43 bits per heavy atom. The number of halogens is 1. The molecule has 0 aliphatic heterocycles. The predicted octanol–water partition coefficient (Wildman–Crippen LogP) is 1.40. The number of rotatable bonds is 2. The maximum Gasteiger partial charge on any atom is 0.217 e. The fourth-order valence-electron chi connectivity index (χ4n) is 1.10. The number of furan rings is 1. The number of ketones is 1. The Balaban J connectivity index is 2.46. The van der Waals surface area contributed by atoms with Crippen LogP contribution in [0.2, 0.25) is 0 Å². The van der Waals surface area contributed by atoms with E-state index < -0.39 is 0 Å². The van der Waals surface area contributed by atoms with Gasteiger partial charge in [-0.05, 0) is 22.0 Å². The topological polar surface area (TPSA) is 60.9 Å². The first-order chi connectivity index (χ1) is 6.70. The van der Waals surface area contributed by atoms with Gasteiger partial charge in [0.2, 0.25) is 5.78 Å². The summed E-state index contributed by atoms with van der Waals surface area (Å²) < 4.78 is 6.68. The van der Waals surface area contributed by atoms with Gasteiger partial charge in [0.25, 0.3) is 0 Å². The van der Waals surface area contributed by atoms with E-state index in [-0.39, 0.29) is 5.78 Å². The zero-order valence-corrected chi connectivity index (χ0v) is 8.85. The van der Waals surface area contributed by atoms with Gasteiger partial charge < -0.3 is 4.42 Å². The van der Waals surface area contributed by atoms with Crippen LogP contribution in [0.3, 0.4) is 0 Å². The second-order valence-electron chi connectivity index (χ2n) is 2.69. The number of carbonyl (C=O) groups excluding carboxylic acids is 1. The lowest BCUT2D eigenvalue weighted by molar-refractivity contribution is 0.102. The molecule has 0 fully saturated rings. The van der Waals surface area contributed by atoms with Gasteiger partial charge in [-0.1, -0.05) is 5.21 Å². The van der Waals surface area contributed by atoms with Crippen LogP contribution in [0.1, 0.15) is 16.1 Å². The Morgan fingerprint density at radius 3 is 2.93 bits per heavy atom. The molecule has 6 heteroatoms. The largest absolute Gasteiger partial charge is 0.472 e. The molecule has 0 spiro atoms. The van der Waals surface area contributed by atoms with Crippen molar-refractivity contribution in [3.63, 3.8) is 0 Å². The molecule has 72 valence electrons. The molecule has 0 N–H and O–H groups in total. The Kier molecular flexibility index (Phi) is 2.20. The normalized spacial score (nSPS) is 10.4. The summed E-state index contributed by atoms with van der Waals surface area (Å²) >= 11 is 3.16. The predicted molar refractivity (Wildman–Crippen MR) is 50.8 cm³/mol. The Labute approximate surface area is 87.8 Å². The van der Waals surface area contributed by atoms with E-state index in [1.54, 1.807) is 13.1 Å². The van der Waals surface area contributed by atoms with Gasteiger partial charge in [0.15, 0.2) is 4.60 Å². The SMILES string of the molecule is Cn1nnc(Br)c1C(=O)c1ccoc1. The Morgan fingerprint density at radius 1 is 1.64 bits per heavy atom. The van der Waals surface area contributed by atoms with Crippen LogP contribution in [0, 0.1) is 0 Å². The molecule has 0 unspecified atom stereocenters. The van der Waals surface area contributed by atoms with Crippen LogP contribution in [0.15, 0.2) is 27.6 Å². The maximum absolute atomic E-state index is 11.8. The molecule has 2 aromatic rings. The van der Waals surface area contributed by atoms with Crippen molar-refractivity contribution in [3.8, 4) is 0 Å². The third-order valence-electron chi connectivity index (χ3n) is 1.78. The van der Waals surface area contributed by atoms with Crippen LogP contribution in [-0.2, 0) is 7.05 Å². The summed E-state index contributed by atoms with van der Waals surface area (Å²) in [6.07, 6.45) is 2.84. The zero-order chi connectivity index (χ0) is 10.1. The molecule has 0 saturated heterocycles. The number of hydrogen-bond donors (Lipinski definition) is 0. The first-order valence-corrected chi connectivity index (χ1v) is 4.61. The van der Waals surface area contributed by atoms with E-state index in [9.17, 15) is 4.79 Å². The highest BCUT2D eigenvalue weighted by Crippen LogP contribution is 2.16. The molecular formula is C8H6BrN3O2. The van der Waals surface area contributed by atoms with Gasteiger partial charge in [0.05, 0.1) is 11.8 Å². The van der Waals surface area contributed by atoms with Crippen LogP contribution >= 0.6 is 15.9 Å². The minimum absolute atomic E-state index is 0.168. The minimum atomic E-state index is -0.168. The Hall–Kier alpha value is -1.43. The average Bonchev–Trinajstić information content (AvgIpc) is 2.75. The summed E-state index contributed by atoms with van der Waals surface area (Å²) in [6, 6.07) is 1.60. The minimum Gasteiger partial charge on any atom is -0.472 e. The van der Waals surface area contributed by atoms with Gasteiger partial charge in [-0.15, -0.1) is 5.10 Å². The standard InChI is InChI=1S/C8H6BrN3O2/c1-12-6(8(9)10-11-12)7(13)5-2-3-14-4-5/h2-4H,1H3.